The summed E-state index contributed by atoms with van der Waals surface area (Å²) in [5.41, 5.74) is 5.85. The molecule has 1 fully saturated rings. The van der Waals surface area contributed by atoms with Crippen LogP contribution in [0, 0.1) is 13.8 Å². The Labute approximate surface area is 180 Å². The molecule has 8 nitrogen and oxygen atoms in total. The number of amides is 1. The van der Waals surface area contributed by atoms with Crippen molar-refractivity contribution in [3.05, 3.63) is 81.0 Å². The van der Waals surface area contributed by atoms with Crippen molar-refractivity contribution >= 4 is 17.5 Å². The van der Waals surface area contributed by atoms with Crippen LogP contribution in [0.25, 0.3) is 0 Å². The van der Waals surface area contributed by atoms with Gasteiger partial charge >= 0.3 is 0 Å². The lowest BCUT2D eigenvalue weighted by Crippen LogP contribution is -2.59. The third-order valence-electron chi connectivity index (χ3n) is 5.86. The van der Waals surface area contributed by atoms with E-state index >= 15 is 0 Å². The van der Waals surface area contributed by atoms with E-state index in [2.05, 4.69) is 52.2 Å². The average molecular weight is 416 g/mol. The maximum absolute atomic E-state index is 12.5. The molecular formula is C23H24N6O2. The van der Waals surface area contributed by atoms with Crippen LogP contribution >= 0.6 is 0 Å². The zero-order valence-corrected chi connectivity index (χ0v) is 17.6. The predicted octanol–water partition coefficient (Wildman–Crippen LogP) is 2.37. The summed E-state index contributed by atoms with van der Waals surface area (Å²) in [5, 5.41) is 3.31. The Hall–Kier alpha value is -3.52. The van der Waals surface area contributed by atoms with Gasteiger partial charge < -0.3 is 15.2 Å². The van der Waals surface area contributed by atoms with Crippen molar-refractivity contribution in [1.29, 1.82) is 0 Å². The molecule has 0 atom stereocenters. The highest BCUT2D eigenvalue weighted by Gasteiger charge is 2.38. The van der Waals surface area contributed by atoms with Crippen LogP contribution in [-0.4, -0.2) is 49.8 Å². The molecule has 2 aromatic heterocycles. The number of carbonyl (C=O) groups is 1. The van der Waals surface area contributed by atoms with E-state index in [0.29, 0.717) is 30.6 Å². The maximum Gasteiger partial charge on any atom is 0.255 e. The number of carbonyl (C=O) groups excluding carboxylic acids is 1. The number of anilines is 2. The van der Waals surface area contributed by atoms with E-state index < -0.39 is 0 Å². The number of rotatable bonds is 4. The number of nitrogens with zero attached hydrogens (tertiary/aromatic N) is 4. The number of likely N-dealkylation sites (tertiary alicyclic amines) is 1. The van der Waals surface area contributed by atoms with Crippen LogP contribution in [0.15, 0.2) is 47.5 Å². The Morgan fingerprint density at radius 2 is 1.90 bits per heavy atom. The van der Waals surface area contributed by atoms with Gasteiger partial charge in [0.05, 0.1) is 11.3 Å². The van der Waals surface area contributed by atoms with Gasteiger partial charge in [0.2, 0.25) is 11.5 Å². The Morgan fingerprint density at radius 1 is 1.13 bits per heavy atom. The highest BCUT2D eigenvalue weighted by Crippen LogP contribution is 2.28. The summed E-state index contributed by atoms with van der Waals surface area (Å²) in [4.78, 5) is 39.6. The highest BCUT2D eigenvalue weighted by molar-refractivity contribution is 5.94. The molecule has 0 spiro atoms. The summed E-state index contributed by atoms with van der Waals surface area (Å²) in [6, 6.07) is 9.55. The molecule has 2 N–H and O–H groups in total. The van der Waals surface area contributed by atoms with E-state index in [1.165, 1.54) is 23.4 Å². The zero-order chi connectivity index (χ0) is 21.5. The van der Waals surface area contributed by atoms with Crippen LogP contribution in [0.3, 0.4) is 0 Å². The second kappa shape index (κ2) is 7.63. The standard InChI is InChI=1S/C23H24N6O2/c1-14-5-15(2)7-18(6-14)26-23-25-9-17-10-28(13-20(17)27-23)19-11-29(12-19)22(31)16-3-4-21(30)24-8-16/h3-9,19H,10-13H2,1-2H3,(H,24,30)(H,25,26,27). The van der Waals surface area contributed by atoms with E-state index in [-0.39, 0.29) is 11.5 Å². The van der Waals surface area contributed by atoms with Gasteiger partial charge in [-0.25, -0.2) is 9.97 Å². The minimum Gasteiger partial charge on any atom is -0.335 e. The molecule has 0 bridgehead atoms. The molecule has 2 aliphatic rings. The molecule has 1 saturated heterocycles. The Bertz CT molecular complexity index is 1170. The van der Waals surface area contributed by atoms with Crippen LogP contribution < -0.4 is 10.9 Å². The third-order valence-corrected chi connectivity index (χ3v) is 5.86. The van der Waals surface area contributed by atoms with Crippen molar-refractivity contribution in [2.45, 2.75) is 33.0 Å². The number of nitrogens with one attached hydrogen (secondary N) is 2. The number of aryl methyl sites for hydroxylation is 2. The lowest BCUT2D eigenvalue weighted by molar-refractivity contribution is 0.0248. The molecule has 31 heavy (non-hydrogen) atoms. The number of hydrogen-bond acceptors (Lipinski definition) is 6. The molecule has 5 rings (SSSR count). The predicted molar refractivity (Wildman–Crippen MR) is 117 cm³/mol. The molecule has 2 aliphatic heterocycles. The van der Waals surface area contributed by atoms with Crippen LogP contribution in [0.5, 0.6) is 0 Å². The minimum absolute atomic E-state index is 0.0519. The number of benzene rings is 1. The monoisotopic (exact) mass is 416 g/mol. The van der Waals surface area contributed by atoms with E-state index in [4.69, 9.17) is 4.98 Å². The second-order valence-electron chi connectivity index (χ2n) is 8.38. The number of H-pyrrole nitrogens is 1. The summed E-state index contributed by atoms with van der Waals surface area (Å²) >= 11 is 0. The van der Waals surface area contributed by atoms with Gasteiger partial charge in [-0.15, -0.1) is 0 Å². The molecule has 8 heteroatoms. The van der Waals surface area contributed by atoms with Gasteiger partial charge in [0, 0.05) is 61.9 Å². The minimum atomic E-state index is -0.208. The van der Waals surface area contributed by atoms with Gasteiger partial charge in [0.15, 0.2) is 0 Å². The number of pyridine rings is 1. The van der Waals surface area contributed by atoms with Crippen LogP contribution in [0.2, 0.25) is 0 Å². The van der Waals surface area contributed by atoms with Gasteiger partial charge in [-0.05, 0) is 43.2 Å². The normalized spacial score (nSPS) is 16.1. The molecule has 3 aromatic rings. The summed E-state index contributed by atoms with van der Waals surface area (Å²) in [6.45, 7) is 7.04. The van der Waals surface area contributed by atoms with Crippen LogP contribution in [0.1, 0.15) is 32.7 Å². The van der Waals surface area contributed by atoms with E-state index in [1.807, 2.05) is 6.20 Å². The third kappa shape index (κ3) is 3.94. The average Bonchev–Trinajstić information content (AvgIpc) is 3.09. The molecule has 0 radical (unpaired) electrons. The van der Waals surface area contributed by atoms with Crippen molar-refractivity contribution in [3.8, 4) is 0 Å². The molecule has 1 amide bonds. The van der Waals surface area contributed by atoms with Gasteiger partial charge in [0.1, 0.15) is 0 Å². The Balaban J connectivity index is 1.21. The molecule has 1 aromatic carbocycles. The van der Waals surface area contributed by atoms with E-state index in [0.717, 1.165) is 30.0 Å². The van der Waals surface area contributed by atoms with E-state index in [1.54, 1.807) is 11.0 Å². The fourth-order valence-electron chi connectivity index (χ4n) is 4.25. The van der Waals surface area contributed by atoms with Gasteiger partial charge in [-0.3, -0.25) is 14.5 Å². The molecule has 0 unspecified atom stereocenters. The lowest BCUT2D eigenvalue weighted by Gasteiger charge is -2.43. The lowest BCUT2D eigenvalue weighted by atomic mass is 10.1. The summed E-state index contributed by atoms with van der Waals surface area (Å²) in [6.07, 6.45) is 3.37. The van der Waals surface area contributed by atoms with Crippen LogP contribution in [0.4, 0.5) is 11.6 Å². The first-order valence-corrected chi connectivity index (χ1v) is 10.4. The van der Waals surface area contributed by atoms with Crippen molar-refractivity contribution < 1.29 is 4.79 Å². The van der Waals surface area contributed by atoms with Gasteiger partial charge in [-0.1, -0.05) is 6.07 Å². The summed E-state index contributed by atoms with van der Waals surface area (Å²) < 4.78 is 0. The molecular weight excluding hydrogens is 392 g/mol. The quantitative estimate of drug-likeness (QED) is 0.678. The fraction of sp³-hybridized carbons (Fsp3) is 0.304. The SMILES string of the molecule is Cc1cc(C)cc(Nc2ncc3c(n2)CN(C2CN(C(=O)c4ccc(=O)[nH]c4)C2)C3)c1. The van der Waals surface area contributed by atoms with Crippen molar-refractivity contribution in [2.75, 3.05) is 18.4 Å². The van der Waals surface area contributed by atoms with Crippen molar-refractivity contribution in [1.82, 2.24) is 24.8 Å². The summed E-state index contributed by atoms with van der Waals surface area (Å²) in [7, 11) is 0. The maximum atomic E-state index is 12.5. The van der Waals surface area contributed by atoms with Gasteiger partial charge in [0.25, 0.3) is 5.91 Å². The van der Waals surface area contributed by atoms with E-state index in [9.17, 15) is 9.59 Å². The van der Waals surface area contributed by atoms with Crippen LogP contribution in [-0.2, 0) is 13.1 Å². The van der Waals surface area contributed by atoms with Crippen molar-refractivity contribution in [2.24, 2.45) is 0 Å². The Morgan fingerprint density at radius 3 is 2.61 bits per heavy atom. The van der Waals surface area contributed by atoms with Crippen molar-refractivity contribution in [3.63, 3.8) is 0 Å². The fourth-order valence-corrected chi connectivity index (χ4v) is 4.25. The molecule has 158 valence electrons. The number of aromatic amines is 1. The van der Waals surface area contributed by atoms with Gasteiger partial charge in [-0.2, -0.15) is 0 Å². The topological polar surface area (TPSA) is 94.2 Å². The zero-order valence-electron chi connectivity index (χ0n) is 17.6. The smallest absolute Gasteiger partial charge is 0.255 e. The first kappa shape index (κ1) is 19.4. The largest absolute Gasteiger partial charge is 0.335 e. The number of fused-ring (bicyclic) bond motifs is 1. The number of aromatic nitrogens is 3. The first-order valence-electron chi connectivity index (χ1n) is 10.4. The molecule has 4 heterocycles. The Kier molecular flexibility index (Phi) is 4.78. The first-order chi connectivity index (χ1) is 14.9. The molecule has 0 aliphatic carbocycles. The summed E-state index contributed by atoms with van der Waals surface area (Å²) in [5.74, 6) is 0.554. The molecule has 0 saturated carbocycles. The second-order valence-corrected chi connectivity index (χ2v) is 8.38. The highest BCUT2D eigenvalue weighted by atomic mass is 16.2. The number of hydrogen-bond donors (Lipinski definition) is 2.